The Kier molecular flexibility index (Phi) is 9.26. The van der Waals surface area contributed by atoms with Gasteiger partial charge in [-0.2, -0.15) is 0 Å². The maximum Gasteiger partial charge on any atom is 0.193 e. The van der Waals surface area contributed by atoms with Gasteiger partial charge >= 0.3 is 0 Å². The number of methoxy groups -OCH3 is 1. The highest BCUT2D eigenvalue weighted by Crippen LogP contribution is 2.17. The van der Waals surface area contributed by atoms with Gasteiger partial charge in [0.2, 0.25) is 0 Å². The summed E-state index contributed by atoms with van der Waals surface area (Å²) in [6, 6.07) is 0. The molecule has 1 saturated heterocycles. The van der Waals surface area contributed by atoms with Gasteiger partial charge in [-0.1, -0.05) is 12.2 Å². The van der Waals surface area contributed by atoms with Crippen LogP contribution in [-0.2, 0) is 9.47 Å². The fraction of sp³-hybridized carbons (Fsp3) is 0.800. The highest BCUT2D eigenvalue weighted by atomic mass is 127. The number of hydrogen-bond acceptors (Lipinski definition) is 3. The number of aliphatic imine (C=N–C) groups is 1. The molecule has 5 nitrogen and oxygen atoms in total. The molecule has 0 bridgehead atoms. The number of nitrogens with one attached hydrogen (secondary N) is 1. The van der Waals surface area contributed by atoms with Crippen LogP contribution in [0.25, 0.3) is 0 Å². The third-order valence-electron chi connectivity index (χ3n) is 3.93. The maximum atomic E-state index is 5.68. The fourth-order valence-corrected chi connectivity index (χ4v) is 2.81. The molecule has 2 unspecified atom stereocenters. The van der Waals surface area contributed by atoms with E-state index in [0.29, 0.717) is 6.61 Å². The molecule has 0 saturated carbocycles. The number of hydrogen-bond donors (Lipinski definition) is 1. The van der Waals surface area contributed by atoms with Crippen LogP contribution in [0.4, 0.5) is 0 Å². The molecule has 1 aliphatic heterocycles. The average Bonchev–Trinajstić information content (AvgIpc) is 2.50. The standard InChI is InChI=1S/C15H27N3O2.HI/c1-16-15(17-10-13-6-4-3-5-7-13)18-8-9-20-14(11-18)12-19-2;/h3-4,13-14H,5-12H2,1-2H3,(H,16,17);1H. The first kappa shape index (κ1) is 18.7. The van der Waals surface area contributed by atoms with Crippen molar-refractivity contribution in [3.05, 3.63) is 12.2 Å². The summed E-state index contributed by atoms with van der Waals surface area (Å²) in [6.45, 7) is 4.12. The lowest BCUT2D eigenvalue weighted by Gasteiger charge is -2.35. The fourth-order valence-electron chi connectivity index (χ4n) is 2.81. The normalized spacial score (nSPS) is 26.4. The molecule has 6 heteroatoms. The van der Waals surface area contributed by atoms with Crippen molar-refractivity contribution in [1.82, 2.24) is 10.2 Å². The summed E-state index contributed by atoms with van der Waals surface area (Å²) >= 11 is 0. The van der Waals surface area contributed by atoms with E-state index in [9.17, 15) is 0 Å². The lowest BCUT2D eigenvalue weighted by atomic mass is 9.94. The molecule has 21 heavy (non-hydrogen) atoms. The molecule has 2 atom stereocenters. The largest absolute Gasteiger partial charge is 0.382 e. The van der Waals surface area contributed by atoms with Crippen LogP contribution in [0.3, 0.4) is 0 Å². The quantitative estimate of drug-likeness (QED) is 0.334. The molecule has 1 heterocycles. The Bertz CT molecular complexity index is 348. The van der Waals surface area contributed by atoms with E-state index in [1.807, 2.05) is 7.05 Å². The van der Waals surface area contributed by atoms with Gasteiger partial charge in [0.05, 0.1) is 19.3 Å². The number of ether oxygens (including phenoxy) is 2. The topological polar surface area (TPSA) is 46.1 Å². The second-order valence-corrected chi connectivity index (χ2v) is 5.47. The number of guanidine groups is 1. The molecule has 0 radical (unpaired) electrons. The van der Waals surface area contributed by atoms with Crippen molar-refractivity contribution in [2.24, 2.45) is 10.9 Å². The predicted molar refractivity (Wildman–Crippen MR) is 96.4 cm³/mol. The first-order valence-corrected chi connectivity index (χ1v) is 7.54. The van der Waals surface area contributed by atoms with Gasteiger partial charge in [-0.15, -0.1) is 24.0 Å². The van der Waals surface area contributed by atoms with Crippen LogP contribution in [0.5, 0.6) is 0 Å². The summed E-state index contributed by atoms with van der Waals surface area (Å²) in [5.74, 6) is 1.72. The van der Waals surface area contributed by atoms with Crippen molar-refractivity contribution in [2.75, 3.05) is 47.0 Å². The minimum absolute atomic E-state index is 0. The third kappa shape index (κ3) is 6.12. The highest BCUT2D eigenvalue weighted by Gasteiger charge is 2.23. The summed E-state index contributed by atoms with van der Waals surface area (Å²) < 4.78 is 10.9. The van der Waals surface area contributed by atoms with E-state index in [1.54, 1.807) is 7.11 Å². The zero-order valence-corrected chi connectivity index (χ0v) is 15.4. The van der Waals surface area contributed by atoms with Gasteiger partial charge in [-0.05, 0) is 25.2 Å². The smallest absolute Gasteiger partial charge is 0.193 e. The van der Waals surface area contributed by atoms with Crippen LogP contribution in [-0.4, -0.2) is 64.0 Å². The van der Waals surface area contributed by atoms with Crippen molar-refractivity contribution in [3.8, 4) is 0 Å². The Morgan fingerprint density at radius 2 is 2.33 bits per heavy atom. The molecule has 122 valence electrons. The molecule has 0 spiro atoms. The Labute approximate surface area is 145 Å². The first-order valence-electron chi connectivity index (χ1n) is 7.54. The van der Waals surface area contributed by atoms with E-state index < -0.39 is 0 Å². The van der Waals surface area contributed by atoms with Crippen molar-refractivity contribution < 1.29 is 9.47 Å². The van der Waals surface area contributed by atoms with Crippen molar-refractivity contribution in [2.45, 2.75) is 25.4 Å². The van der Waals surface area contributed by atoms with Crippen LogP contribution >= 0.6 is 24.0 Å². The van der Waals surface area contributed by atoms with Crippen LogP contribution in [0.1, 0.15) is 19.3 Å². The van der Waals surface area contributed by atoms with Crippen LogP contribution in [0.15, 0.2) is 17.1 Å². The molecule has 2 rings (SSSR count). The predicted octanol–water partition coefficient (Wildman–Crippen LogP) is 1.88. The van der Waals surface area contributed by atoms with Crippen molar-refractivity contribution >= 4 is 29.9 Å². The van der Waals surface area contributed by atoms with Gasteiger partial charge in [0.25, 0.3) is 0 Å². The molecule has 0 aromatic heterocycles. The van der Waals surface area contributed by atoms with Gasteiger partial charge in [0.1, 0.15) is 0 Å². The molecule has 1 N–H and O–H groups in total. The van der Waals surface area contributed by atoms with E-state index in [0.717, 1.165) is 38.1 Å². The first-order chi connectivity index (χ1) is 9.83. The molecule has 0 aromatic rings. The van der Waals surface area contributed by atoms with Crippen molar-refractivity contribution in [1.29, 1.82) is 0 Å². The molecule has 1 fully saturated rings. The minimum Gasteiger partial charge on any atom is -0.382 e. The molecular formula is C15H28IN3O2. The van der Waals surface area contributed by atoms with Gasteiger partial charge in [-0.25, -0.2) is 0 Å². The Hall–Kier alpha value is -0.340. The maximum absolute atomic E-state index is 5.68. The van der Waals surface area contributed by atoms with Gasteiger partial charge in [0.15, 0.2) is 5.96 Å². The third-order valence-corrected chi connectivity index (χ3v) is 3.93. The lowest BCUT2D eigenvalue weighted by molar-refractivity contribution is -0.0447. The van der Waals surface area contributed by atoms with E-state index in [2.05, 4.69) is 27.4 Å². The lowest BCUT2D eigenvalue weighted by Crippen LogP contribution is -2.52. The second-order valence-electron chi connectivity index (χ2n) is 5.47. The van der Waals surface area contributed by atoms with E-state index >= 15 is 0 Å². The summed E-state index contributed by atoms with van der Waals surface area (Å²) in [7, 11) is 3.57. The number of nitrogens with zero attached hydrogens (tertiary/aromatic N) is 2. The SMILES string of the molecule is CN=C(NCC1CC=CCC1)N1CCOC(COC)C1.I. The minimum atomic E-state index is 0. The second kappa shape index (κ2) is 10.4. The Morgan fingerprint density at radius 1 is 1.48 bits per heavy atom. The number of morpholine rings is 1. The summed E-state index contributed by atoms with van der Waals surface area (Å²) in [5.41, 5.74) is 0. The average molecular weight is 409 g/mol. The van der Waals surface area contributed by atoms with Gasteiger partial charge in [-0.3, -0.25) is 4.99 Å². The molecule has 0 aromatic carbocycles. The van der Waals surface area contributed by atoms with E-state index in [1.165, 1.54) is 19.3 Å². The molecular weight excluding hydrogens is 381 g/mol. The highest BCUT2D eigenvalue weighted by molar-refractivity contribution is 14.0. The van der Waals surface area contributed by atoms with Gasteiger partial charge in [0, 0.05) is 33.8 Å². The Morgan fingerprint density at radius 3 is 3.00 bits per heavy atom. The number of rotatable bonds is 4. The zero-order chi connectivity index (χ0) is 14.2. The molecule has 0 amide bonds. The van der Waals surface area contributed by atoms with Crippen LogP contribution in [0, 0.1) is 5.92 Å². The van der Waals surface area contributed by atoms with E-state index in [-0.39, 0.29) is 30.1 Å². The zero-order valence-electron chi connectivity index (χ0n) is 13.1. The summed E-state index contributed by atoms with van der Waals surface area (Å²) in [4.78, 5) is 6.68. The van der Waals surface area contributed by atoms with Crippen LogP contribution < -0.4 is 5.32 Å². The number of halogens is 1. The monoisotopic (exact) mass is 409 g/mol. The van der Waals surface area contributed by atoms with Gasteiger partial charge < -0.3 is 19.7 Å². The molecule has 2 aliphatic rings. The summed E-state index contributed by atoms with van der Waals surface area (Å²) in [5, 5.41) is 3.52. The molecule has 1 aliphatic carbocycles. The van der Waals surface area contributed by atoms with Crippen LogP contribution in [0.2, 0.25) is 0 Å². The van der Waals surface area contributed by atoms with Crippen molar-refractivity contribution in [3.63, 3.8) is 0 Å². The van der Waals surface area contributed by atoms with E-state index in [4.69, 9.17) is 9.47 Å². The summed E-state index contributed by atoms with van der Waals surface area (Å²) in [6.07, 6.45) is 8.38. The number of allylic oxidation sites excluding steroid dienone is 2. The Balaban J connectivity index is 0.00000220.